The van der Waals surface area contributed by atoms with E-state index in [1.54, 1.807) is 29.2 Å². The van der Waals surface area contributed by atoms with Gasteiger partial charge in [0.05, 0.1) is 0 Å². The van der Waals surface area contributed by atoms with Crippen molar-refractivity contribution in [3.05, 3.63) is 66.7 Å². The zero-order valence-corrected chi connectivity index (χ0v) is 16.3. The Hall–Kier alpha value is -3.28. The number of nitrogens with zero attached hydrogens (tertiary/aromatic N) is 1. The van der Waals surface area contributed by atoms with Crippen LogP contribution >= 0.6 is 0 Å². The fourth-order valence-corrected chi connectivity index (χ4v) is 2.57. The maximum atomic E-state index is 12.8. The molecule has 0 heterocycles. The summed E-state index contributed by atoms with van der Waals surface area (Å²) in [4.78, 5) is 26.1. The Bertz CT molecular complexity index is 820. The largest absolute Gasteiger partial charge is 0.445 e. The number of nitrogens with one attached hydrogen (secondary N) is 1. The zero-order valence-electron chi connectivity index (χ0n) is 16.3. The molecule has 0 spiro atoms. The van der Waals surface area contributed by atoms with Crippen LogP contribution in [0.4, 0.5) is 21.0 Å². The lowest BCUT2D eigenvalue weighted by molar-refractivity contribution is 0.174. The highest BCUT2D eigenvalue weighted by Gasteiger charge is 2.19. The van der Waals surface area contributed by atoms with Crippen LogP contribution in [-0.2, 0) is 4.74 Å². The predicted molar refractivity (Wildman–Crippen MR) is 111 cm³/mol. The van der Waals surface area contributed by atoms with Gasteiger partial charge in [-0.05, 0) is 37.1 Å². The molecule has 1 N–H and O–H groups in total. The van der Waals surface area contributed by atoms with E-state index in [4.69, 9.17) is 9.47 Å². The van der Waals surface area contributed by atoms with E-state index in [0.29, 0.717) is 18.0 Å². The molecule has 0 fully saturated rings. The summed E-state index contributed by atoms with van der Waals surface area (Å²) in [6, 6.07) is 14.3. The zero-order chi connectivity index (χ0) is 20.4. The highest BCUT2D eigenvalue weighted by Crippen LogP contribution is 2.23. The van der Waals surface area contributed by atoms with Gasteiger partial charge < -0.3 is 9.47 Å². The lowest BCUT2D eigenvalue weighted by atomic mass is 10.2. The first-order valence-electron chi connectivity index (χ1n) is 9.25. The second-order valence-corrected chi connectivity index (χ2v) is 6.20. The second-order valence-electron chi connectivity index (χ2n) is 6.20. The number of carbonyl (C=O) groups excluding carboxylic acids is 2. The van der Waals surface area contributed by atoms with Crippen molar-refractivity contribution in [2.45, 2.75) is 26.7 Å². The van der Waals surface area contributed by atoms with Crippen LogP contribution in [0.25, 0.3) is 0 Å². The molecule has 148 valence electrons. The average molecular weight is 382 g/mol. The molecular formula is C22H26N2O4. The van der Waals surface area contributed by atoms with Gasteiger partial charge in [-0.1, -0.05) is 50.3 Å². The van der Waals surface area contributed by atoms with Crippen LogP contribution in [0.1, 0.15) is 25.3 Å². The van der Waals surface area contributed by atoms with Gasteiger partial charge in [0, 0.05) is 24.0 Å². The van der Waals surface area contributed by atoms with Gasteiger partial charge >= 0.3 is 12.2 Å². The summed E-state index contributed by atoms with van der Waals surface area (Å²) < 4.78 is 10.5. The van der Waals surface area contributed by atoms with Crippen molar-refractivity contribution in [3.8, 4) is 5.75 Å². The number of hydrogen-bond acceptors (Lipinski definition) is 4. The van der Waals surface area contributed by atoms with Crippen LogP contribution in [0.3, 0.4) is 0 Å². The maximum absolute atomic E-state index is 12.8. The maximum Gasteiger partial charge on any atom is 0.419 e. The molecule has 0 saturated carbocycles. The Morgan fingerprint density at radius 2 is 1.96 bits per heavy atom. The summed E-state index contributed by atoms with van der Waals surface area (Å²) in [5.74, 6) is 0.335. The van der Waals surface area contributed by atoms with Crippen LogP contribution < -0.4 is 15.0 Å². The molecule has 2 rings (SSSR count). The number of rotatable bonds is 8. The van der Waals surface area contributed by atoms with Crippen molar-refractivity contribution >= 4 is 23.6 Å². The lowest BCUT2D eigenvalue weighted by Crippen LogP contribution is -2.35. The summed E-state index contributed by atoms with van der Waals surface area (Å²) in [6.07, 6.45) is 2.23. The number of amides is 2. The quantitative estimate of drug-likeness (QED) is 0.609. The van der Waals surface area contributed by atoms with E-state index in [0.717, 1.165) is 24.1 Å². The second kappa shape index (κ2) is 10.8. The molecule has 2 amide bonds. The van der Waals surface area contributed by atoms with E-state index in [2.05, 4.69) is 18.8 Å². The van der Waals surface area contributed by atoms with Crippen molar-refractivity contribution < 1.29 is 19.1 Å². The van der Waals surface area contributed by atoms with Crippen LogP contribution in [-0.4, -0.2) is 25.3 Å². The van der Waals surface area contributed by atoms with Crippen LogP contribution in [0, 0.1) is 6.92 Å². The number of ether oxygens (including phenoxy) is 2. The van der Waals surface area contributed by atoms with Gasteiger partial charge in [-0.25, -0.2) is 9.59 Å². The number of carbonyl (C=O) groups is 2. The number of anilines is 2. The van der Waals surface area contributed by atoms with Crippen molar-refractivity contribution in [3.63, 3.8) is 0 Å². The Labute approximate surface area is 165 Å². The first-order chi connectivity index (χ1) is 13.5. The molecule has 0 aliphatic heterocycles. The lowest BCUT2D eigenvalue weighted by Gasteiger charge is -2.23. The topological polar surface area (TPSA) is 67.9 Å². The molecule has 0 aromatic heterocycles. The van der Waals surface area contributed by atoms with Crippen molar-refractivity contribution in [2.24, 2.45) is 0 Å². The van der Waals surface area contributed by atoms with Crippen LogP contribution in [0.5, 0.6) is 5.75 Å². The first kappa shape index (κ1) is 21.0. The van der Waals surface area contributed by atoms with Crippen molar-refractivity contribution in [1.29, 1.82) is 0 Å². The molecule has 0 radical (unpaired) electrons. The number of aryl methyl sites for hydroxylation is 1. The monoisotopic (exact) mass is 382 g/mol. The summed E-state index contributed by atoms with van der Waals surface area (Å²) >= 11 is 0. The van der Waals surface area contributed by atoms with E-state index < -0.39 is 12.2 Å². The van der Waals surface area contributed by atoms with E-state index in [-0.39, 0.29) is 6.61 Å². The summed E-state index contributed by atoms with van der Waals surface area (Å²) in [5.41, 5.74) is 2.29. The Morgan fingerprint density at radius 3 is 2.68 bits per heavy atom. The van der Waals surface area contributed by atoms with E-state index in [1.165, 1.54) is 6.08 Å². The van der Waals surface area contributed by atoms with Gasteiger partial charge in [0.25, 0.3) is 0 Å². The third kappa shape index (κ3) is 6.16. The Balaban J connectivity index is 2.12. The highest BCUT2D eigenvalue weighted by molar-refractivity contribution is 5.90. The van der Waals surface area contributed by atoms with Gasteiger partial charge in [0.1, 0.15) is 12.4 Å². The normalized spacial score (nSPS) is 10.1. The van der Waals surface area contributed by atoms with Crippen molar-refractivity contribution in [2.75, 3.05) is 23.4 Å². The predicted octanol–water partition coefficient (Wildman–Crippen LogP) is 5.54. The van der Waals surface area contributed by atoms with Gasteiger partial charge in [-0.15, -0.1) is 0 Å². The number of unbranched alkanes of at least 4 members (excludes halogenated alkanes) is 1. The SMILES string of the molecule is C=CCOC(=O)Nc1cccc(OC(=O)N(CCCC)c2ccccc2C)c1. The van der Waals surface area contributed by atoms with E-state index in [9.17, 15) is 9.59 Å². The third-order valence-electron chi connectivity index (χ3n) is 3.98. The molecule has 28 heavy (non-hydrogen) atoms. The fourth-order valence-electron chi connectivity index (χ4n) is 2.57. The smallest absolute Gasteiger partial charge is 0.419 e. The molecule has 6 nitrogen and oxygen atoms in total. The van der Waals surface area contributed by atoms with Gasteiger partial charge in [-0.2, -0.15) is 0 Å². The molecular weight excluding hydrogens is 356 g/mol. The summed E-state index contributed by atoms with van der Waals surface area (Å²) in [6.45, 7) is 8.19. The molecule has 0 unspecified atom stereocenters. The Morgan fingerprint density at radius 1 is 1.18 bits per heavy atom. The number of para-hydroxylation sites is 1. The molecule has 0 aliphatic rings. The van der Waals surface area contributed by atoms with Gasteiger partial charge in [-0.3, -0.25) is 10.2 Å². The molecule has 2 aromatic carbocycles. The van der Waals surface area contributed by atoms with Crippen molar-refractivity contribution in [1.82, 2.24) is 0 Å². The first-order valence-corrected chi connectivity index (χ1v) is 9.25. The third-order valence-corrected chi connectivity index (χ3v) is 3.98. The van der Waals surface area contributed by atoms with Gasteiger partial charge in [0.2, 0.25) is 0 Å². The molecule has 0 saturated heterocycles. The van der Waals surface area contributed by atoms with E-state index in [1.807, 2.05) is 31.2 Å². The standard InChI is InChI=1S/C22H26N2O4/c1-4-6-14-24(20-13-8-7-10-17(20)3)22(26)28-19-12-9-11-18(16-19)23-21(25)27-15-5-2/h5,7-13,16H,2,4,6,14-15H2,1,3H3,(H,23,25). The van der Waals surface area contributed by atoms with Gasteiger partial charge in [0.15, 0.2) is 0 Å². The highest BCUT2D eigenvalue weighted by atomic mass is 16.6. The van der Waals surface area contributed by atoms with Crippen LogP contribution in [0.2, 0.25) is 0 Å². The molecule has 0 bridgehead atoms. The minimum Gasteiger partial charge on any atom is -0.445 e. The van der Waals surface area contributed by atoms with Crippen LogP contribution in [0.15, 0.2) is 61.2 Å². The molecule has 6 heteroatoms. The van der Waals surface area contributed by atoms with E-state index >= 15 is 0 Å². The number of benzene rings is 2. The number of hydrogen-bond donors (Lipinski definition) is 1. The summed E-state index contributed by atoms with van der Waals surface area (Å²) in [5, 5.41) is 2.58. The minimum atomic E-state index is -0.604. The molecule has 0 aliphatic carbocycles. The average Bonchev–Trinajstić information content (AvgIpc) is 2.68. The molecule has 0 atom stereocenters. The summed E-state index contributed by atoms with van der Waals surface area (Å²) in [7, 11) is 0. The molecule has 2 aromatic rings. The minimum absolute atomic E-state index is 0.114. The Kier molecular flexibility index (Phi) is 8.09. The fraction of sp³-hybridized carbons (Fsp3) is 0.273.